The number of aromatic nitrogens is 5. The Labute approximate surface area is 311 Å². The first kappa shape index (κ1) is 35.2. The zero-order chi connectivity index (χ0) is 36.5. The number of aromatic amines is 1. The summed E-state index contributed by atoms with van der Waals surface area (Å²) in [6.07, 6.45) is 13.0. The average Bonchev–Trinajstić information content (AvgIpc) is 3.66. The molecule has 0 saturated carbocycles. The van der Waals surface area contributed by atoms with E-state index in [-0.39, 0.29) is 0 Å². The molecule has 2 saturated heterocycles. The number of H-pyrrole nitrogens is 1. The van der Waals surface area contributed by atoms with Gasteiger partial charge in [0.25, 0.3) is 0 Å². The lowest BCUT2D eigenvalue weighted by Gasteiger charge is -2.43. The van der Waals surface area contributed by atoms with Crippen LogP contribution in [-0.2, 0) is 6.42 Å². The van der Waals surface area contributed by atoms with Gasteiger partial charge in [-0.05, 0) is 70.3 Å². The van der Waals surface area contributed by atoms with Crippen molar-refractivity contribution in [3.05, 3.63) is 60.2 Å². The molecule has 276 valence electrons. The summed E-state index contributed by atoms with van der Waals surface area (Å²) in [7, 11) is 3.49. The summed E-state index contributed by atoms with van der Waals surface area (Å²) < 4.78 is 6.52. The van der Waals surface area contributed by atoms with Gasteiger partial charge in [-0.15, -0.1) is 0 Å². The number of likely N-dealkylation sites (N-methyl/N-ethyl adjacent to an activating group) is 1. The van der Waals surface area contributed by atoms with Crippen LogP contribution in [0.3, 0.4) is 0 Å². The van der Waals surface area contributed by atoms with E-state index in [9.17, 15) is 0 Å². The van der Waals surface area contributed by atoms with Crippen molar-refractivity contribution in [2.24, 2.45) is 10.7 Å². The first-order valence-electron chi connectivity index (χ1n) is 18.6. The van der Waals surface area contributed by atoms with E-state index in [0.717, 1.165) is 121 Å². The van der Waals surface area contributed by atoms with E-state index >= 15 is 0 Å². The van der Waals surface area contributed by atoms with Gasteiger partial charge in [0, 0.05) is 111 Å². The summed E-state index contributed by atoms with van der Waals surface area (Å²) in [6, 6.07) is 8.83. The number of piperazine rings is 1. The molecule has 0 radical (unpaired) electrons. The molecule has 3 aromatic heterocycles. The molecule has 53 heavy (non-hydrogen) atoms. The lowest BCUT2D eigenvalue weighted by atomic mass is 9.92. The van der Waals surface area contributed by atoms with Gasteiger partial charge in [0.05, 0.1) is 34.4 Å². The van der Waals surface area contributed by atoms with Gasteiger partial charge in [0.1, 0.15) is 17.2 Å². The van der Waals surface area contributed by atoms with Gasteiger partial charge < -0.3 is 35.9 Å². The normalized spacial score (nSPS) is 17.9. The summed E-state index contributed by atoms with van der Waals surface area (Å²) in [5, 5.41) is 9.27. The fourth-order valence-corrected chi connectivity index (χ4v) is 9.31. The highest BCUT2D eigenvalue weighted by atomic mass is 31.1. The molecule has 0 unspecified atom stereocenters. The molecule has 3 aliphatic rings. The maximum atomic E-state index is 6.52. The molecular formula is C39H49N12OP. The first-order valence-corrected chi connectivity index (χ1v) is 20.8. The number of aliphatic imine (C=N–C) groups is 1. The molecule has 5 aromatic rings. The van der Waals surface area contributed by atoms with Crippen molar-refractivity contribution in [3.63, 3.8) is 0 Å². The number of nitrogens with one attached hydrogen (secondary N) is 3. The van der Waals surface area contributed by atoms with Gasteiger partial charge >= 0.3 is 0 Å². The predicted octanol–water partition coefficient (Wildman–Crippen LogP) is 5.30. The van der Waals surface area contributed by atoms with Crippen LogP contribution in [0.1, 0.15) is 30.4 Å². The minimum atomic E-state index is -0.512. The van der Waals surface area contributed by atoms with Crippen LogP contribution in [-0.4, -0.2) is 120 Å². The van der Waals surface area contributed by atoms with E-state index in [2.05, 4.69) is 72.8 Å². The summed E-state index contributed by atoms with van der Waals surface area (Å²) in [5.41, 5.74) is 14.9. The number of hydrogen-bond acceptors (Lipinski definition) is 12. The number of rotatable bonds is 9. The quantitative estimate of drug-likeness (QED) is 0.116. The second-order valence-electron chi connectivity index (χ2n) is 14.3. The number of nitrogens with zero attached hydrogens (tertiary/aromatic N) is 8. The fraction of sp³-hybridized carbons (Fsp3) is 0.410. The molecule has 0 aliphatic carbocycles. The zero-order valence-electron chi connectivity index (χ0n) is 31.1. The SMILES string of the molecule is CN=CC(=CN)c1cc(Nc2nc(Nc3ccc4nccnc4c3P(C)C)c3cc[nH]c3n2)c2c(c1N1CCC(N3CCN(C)CC3)CC1)CCCO2. The summed E-state index contributed by atoms with van der Waals surface area (Å²) in [5.74, 6) is 1.99. The minimum Gasteiger partial charge on any atom is -0.491 e. The van der Waals surface area contributed by atoms with Crippen molar-refractivity contribution in [1.29, 1.82) is 0 Å². The van der Waals surface area contributed by atoms with Crippen LogP contribution in [0.2, 0.25) is 0 Å². The van der Waals surface area contributed by atoms with Crippen molar-refractivity contribution in [2.75, 3.05) is 88.8 Å². The third-order valence-electron chi connectivity index (χ3n) is 10.7. The molecule has 14 heteroatoms. The maximum absolute atomic E-state index is 6.52. The average molecular weight is 733 g/mol. The second-order valence-corrected chi connectivity index (χ2v) is 16.5. The van der Waals surface area contributed by atoms with E-state index in [0.29, 0.717) is 24.4 Å². The lowest BCUT2D eigenvalue weighted by molar-refractivity contribution is 0.0981. The molecule has 0 bridgehead atoms. The molecule has 2 fully saturated rings. The van der Waals surface area contributed by atoms with Gasteiger partial charge in [-0.1, -0.05) is 7.92 Å². The van der Waals surface area contributed by atoms with E-state index in [1.54, 1.807) is 25.6 Å². The Kier molecular flexibility index (Phi) is 10.1. The molecule has 8 rings (SSSR count). The standard InChI is InChI=1S/C39H49N12OP/c1-41-24-25(23-40)29-22-32(35-27(6-5-21-52-35)34(29)51-15-10-26(11-16-51)50-19-17-49(2)18-20-50)46-39-47-37-28(9-12-44-37)38(48-39)45-31-8-7-30-33(36(31)53(3)4)43-14-13-42-30/h7-9,12-14,22-24,26H,5-6,10-11,15-21,40H2,1-4H3,(H3,44,45,46,47,48). The van der Waals surface area contributed by atoms with E-state index in [4.69, 9.17) is 25.4 Å². The number of hydrogen-bond donors (Lipinski definition) is 4. The Bertz CT molecular complexity index is 2170. The predicted molar refractivity (Wildman–Crippen MR) is 220 cm³/mol. The number of anilines is 5. The Hall–Kier alpha value is -4.84. The number of benzene rings is 2. The molecule has 6 heterocycles. The Balaban J connectivity index is 1.16. The molecule has 2 aromatic carbocycles. The lowest BCUT2D eigenvalue weighted by Crippen LogP contribution is -2.52. The van der Waals surface area contributed by atoms with Gasteiger partial charge in [0.15, 0.2) is 0 Å². The van der Waals surface area contributed by atoms with E-state index in [1.807, 2.05) is 24.5 Å². The highest BCUT2D eigenvalue weighted by Gasteiger charge is 2.32. The summed E-state index contributed by atoms with van der Waals surface area (Å²) in [4.78, 5) is 34.6. The van der Waals surface area contributed by atoms with Crippen LogP contribution >= 0.6 is 7.92 Å². The van der Waals surface area contributed by atoms with Crippen LogP contribution in [0, 0.1) is 0 Å². The number of fused-ring (bicyclic) bond motifs is 3. The molecule has 0 atom stereocenters. The van der Waals surface area contributed by atoms with Crippen LogP contribution in [0.4, 0.5) is 28.8 Å². The Morgan fingerprint density at radius 3 is 2.60 bits per heavy atom. The summed E-state index contributed by atoms with van der Waals surface area (Å²) >= 11 is 0. The fourth-order valence-electron chi connectivity index (χ4n) is 8.10. The number of allylic oxidation sites excluding steroid dienone is 1. The van der Waals surface area contributed by atoms with Crippen LogP contribution in [0.15, 0.2) is 54.0 Å². The molecule has 0 amide bonds. The number of ether oxygens (including phenoxy) is 1. The molecule has 0 spiro atoms. The van der Waals surface area contributed by atoms with Gasteiger partial charge in [0.2, 0.25) is 5.95 Å². The molecular weight excluding hydrogens is 683 g/mol. The largest absolute Gasteiger partial charge is 0.491 e. The molecule has 5 N–H and O–H groups in total. The topological polar surface area (TPSA) is 149 Å². The minimum absolute atomic E-state index is 0.449. The smallest absolute Gasteiger partial charge is 0.231 e. The maximum Gasteiger partial charge on any atom is 0.231 e. The summed E-state index contributed by atoms with van der Waals surface area (Å²) in [6.45, 7) is 11.6. The van der Waals surface area contributed by atoms with Crippen LogP contribution in [0.5, 0.6) is 5.75 Å². The highest BCUT2D eigenvalue weighted by molar-refractivity contribution is 7.65. The van der Waals surface area contributed by atoms with Crippen LogP contribution < -0.4 is 31.3 Å². The van der Waals surface area contributed by atoms with Crippen LogP contribution in [0.25, 0.3) is 27.6 Å². The zero-order valence-corrected chi connectivity index (χ0v) is 32.0. The molecule has 13 nitrogen and oxygen atoms in total. The van der Waals surface area contributed by atoms with Gasteiger partial charge in [-0.25, -0.2) is 0 Å². The molecule has 3 aliphatic heterocycles. The third-order valence-corrected chi connectivity index (χ3v) is 12.1. The first-order chi connectivity index (χ1) is 25.9. The van der Waals surface area contributed by atoms with E-state index < -0.39 is 7.92 Å². The van der Waals surface area contributed by atoms with Crippen molar-refractivity contribution in [3.8, 4) is 5.75 Å². The number of piperidine rings is 1. The van der Waals surface area contributed by atoms with Gasteiger partial charge in [-0.2, -0.15) is 9.97 Å². The van der Waals surface area contributed by atoms with Gasteiger partial charge in [-0.3, -0.25) is 19.9 Å². The number of nitrogens with two attached hydrogens (primary N) is 1. The second kappa shape index (κ2) is 15.3. The van der Waals surface area contributed by atoms with Crippen molar-refractivity contribution < 1.29 is 4.74 Å². The van der Waals surface area contributed by atoms with Crippen molar-refractivity contribution >= 4 is 75.9 Å². The van der Waals surface area contributed by atoms with Crippen molar-refractivity contribution in [2.45, 2.75) is 31.7 Å². The monoisotopic (exact) mass is 732 g/mol. The van der Waals surface area contributed by atoms with Crippen molar-refractivity contribution in [1.82, 2.24) is 34.7 Å². The van der Waals surface area contributed by atoms with E-state index in [1.165, 1.54) is 11.3 Å². The Morgan fingerprint density at radius 2 is 1.83 bits per heavy atom. The Morgan fingerprint density at radius 1 is 1.02 bits per heavy atom. The third kappa shape index (κ3) is 7.01. The highest BCUT2D eigenvalue weighted by Crippen LogP contribution is 2.46.